The van der Waals surface area contributed by atoms with Crippen LogP contribution in [0.5, 0.6) is 0 Å². The molecule has 0 saturated carbocycles. The smallest absolute Gasteiger partial charge is 0.193 e. The molecule has 1 fully saturated rings. The zero-order valence-corrected chi connectivity index (χ0v) is 15.9. The van der Waals surface area contributed by atoms with Crippen LogP contribution in [0.2, 0.25) is 0 Å². The quantitative estimate of drug-likeness (QED) is 0.485. The van der Waals surface area contributed by atoms with Crippen LogP contribution >= 0.6 is 0 Å². The summed E-state index contributed by atoms with van der Waals surface area (Å²) in [5.74, 6) is 2.01. The summed E-state index contributed by atoms with van der Waals surface area (Å²) < 4.78 is 25.6. The molecule has 2 heterocycles. The standard InChI is InChI=1S/C16H29N5O2S/c1-14-18-8-10-20(14)9-6-5-7-19-15(17-4)21-11-12-24(22,23)16(2,3)13-21/h8,10H,5-7,9,11-13H2,1-4H3,(H,17,19). The Morgan fingerprint density at radius 2 is 2.17 bits per heavy atom. The van der Waals surface area contributed by atoms with Gasteiger partial charge in [-0.15, -0.1) is 0 Å². The van der Waals surface area contributed by atoms with Gasteiger partial charge < -0.3 is 14.8 Å². The van der Waals surface area contributed by atoms with Crippen LogP contribution in [0.15, 0.2) is 17.4 Å². The van der Waals surface area contributed by atoms with Crippen LogP contribution in [0.4, 0.5) is 0 Å². The number of rotatable bonds is 5. The van der Waals surface area contributed by atoms with Crippen molar-refractivity contribution in [2.45, 2.75) is 44.9 Å². The van der Waals surface area contributed by atoms with Crippen LogP contribution in [0.3, 0.4) is 0 Å². The number of nitrogens with one attached hydrogen (secondary N) is 1. The SMILES string of the molecule is CN=C(NCCCCn1ccnc1C)N1CCS(=O)(=O)C(C)(C)C1. The maximum Gasteiger partial charge on any atom is 0.193 e. The molecule has 0 aromatic carbocycles. The Bertz CT molecular complexity index is 678. The first-order valence-corrected chi connectivity index (χ1v) is 10.1. The fraction of sp³-hybridized carbons (Fsp3) is 0.750. The molecule has 0 aliphatic carbocycles. The molecule has 1 N–H and O–H groups in total. The van der Waals surface area contributed by atoms with Crippen LogP contribution in [-0.4, -0.2) is 66.0 Å². The zero-order valence-electron chi connectivity index (χ0n) is 15.1. The first-order valence-electron chi connectivity index (χ1n) is 8.42. The molecule has 7 nitrogen and oxygen atoms in total. The van der Waals surface area contributed by atoms with E-state index in [0.717, 1.165) is 37.7 Å². The minimum atomic E-state index is -3.03. The predicted molar refractivity (Wildman–Crippen MR) is 97.0 cm³/mol. The number of guanidine groups is 1. The molecule has 1 saturated heterocycles. The summed E-state index contributed by atoms with van der Waals surface area (Å²) in [6.07, 6.45) is 5.90. The van der Waals surface area contributed by atoms with E-state index in [2.05, 4.69) is 19.9 Å². The van der Waals surface area contributed by atoms with Gasteiger partial charge in [-0.1, -0.05) is 0 Å². The third kappa shape index (κ3) is 4.28. The fourth-order valence-corrected chi connectivity index (χ4v) is 4.27. The molecule has 0 unspecified atom stereocenters. The lowest BCUT2D eigenvalue weighted by Crippen LogP contribution is -2.57. The highest BCUT2D eigenvalue weighted by Crippen LogP contribution is 2.23. The maximum absolute atomic E-state index is 12.1. The molecule has 0 atom stereocenters. The van der Waals surface area contributed by atoms with Gasteiger partial charge in [0.2, 0.25) is 0 Å². The third-order valence-corrected chi connectivity index (χ3v) is 7.12. The molecule has 2 rings (SSSR count). The topological polar surface area (TPSA) is 79.6 Å². The zero-order chi connectivity index (χ0) is 17.8. The first-order chi connectivity index (χ1) is 11.3. The molecule has 0 radical (unpaired) electrons. The number of aryl methyl sites for hydroxylation is 2. The lowest BCUT2D eigenvalue weighted by Gasteiger charge is -2.39. The predicted octanol–water partition coefficient (Wildman–Crippen LogP) is 1.06. The van der Waals surface area contributed by atoms with E-state index in [1.165, 1.54) is 0 Å². The number of hydrogen-bond donors (Lipinski definition) is 1. The molecule has 1 aliphatic heterocycles. The molecule has 24 heavy (non-hydrogen) atoms. The van der Waals surface area contributed by atoms with E-state index in [1.54, 1.807) is 20.9 Å². The van der Waals surface area contributed by atoms with Gasteiger partial charge in [0.1, 0.15) is 5.82 Å². The number of aliphatic imine (C=N–C) groups is 1. The van der Waals surface area contributed by atoms with Gasteiger partial charge in [0, 0.05) is 45.6 Å². The van der Waals surface area contributed by atoms with E-state index in [-0.39, 0.29) is 5.75 Å². The molecule has 1 aromatic rings. The Morgan fingerprint density at radius 3 is 2.75 bits per heavy atom. The molecule has 1 aromatic heterocycles. The Hall–Kier alpha value is -1.57. The van der Waals surface area contributed by atoms with Gasteiger partial charge in [-0.2, -0.15) is 0 Å². The van der Waals surface area contributed by atoms with Crippen LogP contribution in [0, 0.1) is 6.92 Å². The highest BCUT2D eigenvalue weighted by molar-refractivity contribution is 7.92. The van der Waals surface area contributed by atoms with Crippen LogP contribution < -0.4 is 5.32 Å². The van der Waals surface area contributed by atoms with E-state index in [9.17, 15) is 8.42 Å². The number of hydrogen-bond acceptors (Lipinski definition) is 4. The van der Waals surface area contributed by atoms with E-state index in [1.807, 2.05) is 24.2 Å². The van der Waals surface area contributed by atoms with Crippen molar-refractivity contribution in [3.05, 3.63) is 18.2 Å². The second kappa shape index (κ2) is 7.55. The Balaban J connectivity index is 1.78. The summed E-state index contributed by atoms with van der Waals surface area (Å²) in [7, 11) is -1.28. The number of sulfone groups is 1. The molecule has 0 amide bonds. The van der Waals surface area contributed by atoms with Crippen molar-refractivity contribution >= 4 is 15.8 Å². The first kappa shape index (κ1) is 18.8. The lowest BCUT2D eigenvalue weighted by molar-refractivity contribution is 0.353. The molecular weight excluding hydrogens is 326 g/mol. The molecule has 136 valence electrons. The Labute approximate surface area is 145 Å². The maximum atomic E-state index is 12.1. The van der Waals surface area contributed by atoms with E-state index < -0.39 is 14.6 Å². The summed E-state index contributed by atoms with van der Waals surface area (Å²) in [6.45, 7) is 8.34. The van der Waals surface area contributed by atoms with Crippen molar-refractivity contribution in [2.75, 3.05) is 32.4 Å². The second-order valence-electron chi connectivity index (χ2n) is 6.85. The highest BCUT2D eigenvalue weighted by Gasteiger charge is 2.40. The van der Waals surface area contributed by atoms with Gasteiger partial charge in [-0.05, 0) is 33.6 Å². The van der Waals surface area contributed by atoms with Gasteiger partial charge in [0.15, 0.2) is 15.8 Å². The highest BCUT2D eigenvalue weighted by atomic mass is 32.2. The summed E-state index contributed by atoms with van der Waals surface area (Å²) in [6, 6.07) is 0. The van der Waals surface area contributed by atoms with Crippen LogP contribution in [-0.2, 0) is 16.4 Å². The average Bonchev–Trinajstić information content (AvgIpc) is 2.91. The van der Waals surface area contributed by atoms with Crippen molar-refractivity contribution in [3.8, 4) is 0 Å². The third-order valence-electron chi connectivity index (χ3n) is 4.59. The van der Waals surface area contributed by atoms with Gasteiger partial charge in [0.25, 0.3) is 0 Å². The van der Waals surface area contributed by atoms with Crippen molar-refractivity contribution in [2.24, 2.45) is 4.99 Å². The van der Waals surface area contributed by atoms with Gasteiger partial charge in [-0.25, -0.2) is 13.4 Å². The summed E-state index contributed by atoms with van der Waals surface area (Å²) in [5.41, 5.74) is 0. The number of aromatic nitrogens is 2. The monoisotopic (exact) mass is 355 g/mol. The van der Waals surface area contributed by atoms with Crippen LogP contribution in [0.25, 0.3) is 0 Å². The summed E-state index contributed by atoms with van der Waals surface area (Å²) in [4.78, 5) is 10.6. The largest absolute Gasteiger partial charge is 0.356 e. The number of unbranched alkanes of at least 4 members (excludes halogenated alkanes) is 1. The molecule has 1 aliphatic rings. The molecule has 0 bridgehead atoms. The second-order valence-corrected chi connectivity index (χ2v) is 9.59. The van der Waals surface area contributed by atoms with Gasteiger partial charge in [0.05, 0.1) is 10.5 Å². The van der Waals surface area contributed by atoms with E-state index in [0.29, 0.717) is 13.1 Å². The van der Waals surface area contributed by atoms with E-state index in [4.69, 9.17) is 0 Å². The normalized spacial score (nSPS) is 20.2. The van der Waals surface area contributed by atoms with Crippen molar-refractivity contribution in [3.63, 3.8) is 0 Å². The number of imidazole rings is 1. The Morgan fingerprint density at radius 1 is 1.42 bits per heavy atom. The van der Waals surface area contributed by atoms with Crippen molar-refractivity contribution in [1.29, 1.82) is 0 Å². The molecular formula is C16H29N5O2S. The Kier molecular flexibility index (Phi) is 5.90. The van der Waals surface area contributed by atoms with E-state index >= 15 is 0 Å². The van der Waals surface area contributed by atoms with Crippen LogP contribution in [0.1, 0.15) is 32.5 Å². The van der Waals surface area contributed by atoms with Crippen molar-refractivity contribution < 1.29 is 8.42 Å². The fourth-order valence-electron chi connectivity index (χ4n) is 2.90. The molecule has 8 heteroatoms. The molecule has 0 spiro atoms. The number of nitrogens with zero attached hydrogens (tertiary/aromatic N) is 4. The van der Waals surface area contributed by atoms with Gasteiger partial charge >= 0.3 is 0 Å². The summed E-state index contributed by atoms with van der Waals surface area (Å²) in [5, 5.41) is 3.36. The van der Waals surface area contributed by atoms with Gasteiger partial charge in [-0.3, -0.25) is 4.99 Å². The summed E-state index contributed by atoms with van der Waals surface area (Å²) >= 11 is 0. The lowest BCUT2D eigenvalue weighted by atomic mass is 10.2. The minimum absolute atomic E-state index is 0.181. The average molecular weight is 356 g/mol. The minimum Gasteiger partial charge on any atom is -0.356 e. The van der Waals surface area contributed by atoms with Crippen molar-refractivity contribution in [1.82, 2.24) is 19.8 Å².